The second kappa shape index (κ2) is 7.38. The van der Waals surface area contributed by atoms with Gasteiger partial charge in [-0.1, -0.05) is 0 Å². The lowest BCUT2D eigenvalue weighted by atomic mass is 10.2. The normalized spacial score (nSPS) is 17.5. The summed E-state index contributed by atoms with van der Waals surface area (Å²) in [7, 11) is -3.78. The molecule has 2 aromatic carbocycles. The number of hydrogen-bond acceptors (Lipinski definition) is 4. The van der Waals surface area contributed by atoms with E-state index in [-0.39, 0.29) is 4.90 Å². The Labute approximate surface area is 159 Å². The minimum Gasteiger partial charge on any atom is -0.371 e. The molecule has 0 spiro atoms. The van der Waals surface area contributed by atoms with E-state index in [1.54, 1.807) is 0 Å². The van der Waals surface area contributed by atoms with Gasteiger partial charge in [-0.2, -0.15) is 0 Å². The molecule has 0 atom stereocenters. The predicted octanol–water partition coefficient (Wildman–Crippen LogP) is 3.83. The van der Waals surface area contributed by atoms with Gasteiger partial charge in [-0.25, -0.2) is 12.8 Å². The molecule has 2 aromatic rings. The Bertz CT molecular complexity index is 903. The average Bonchev–Trinajstić information content (AvgIpc) is 3.36. The fourth-order valence-corrected chi connectivity index (χ4v) is 4.89. The molecule has 144 valence electrons. The molecule has 0 radical (unpaired) electrons. The van der Waals surface area contributed by atoms with Crippen LogP contribution in [0.5, 0.6) is 0 Å². The van der Waals surface area contributed by atoms with Crippen LogP contribution < -0.4 is 14.5 Å². The second-order valence-electron chi connectivity index (χ2n) is 7.15. The van der Waals surface area contributed by atoms with Gasteiger partial charge in [0.05, 0.1) is 16.3 Å². The van der Waals surface area contributed by atoms with Crippen LogP contribution >= 0.6 is 0 Å². The van der Waals surface area contributed by atoms with Crippen LogP contribution in [-0.4, -0.2) is 34.6 Å². The van der Waals surface area contributed by atoms with E-state index in [1.165, 1.54) is 12.1 Å². The SMILES string of the molecule is O=S(=O)(Nc1cc(N2CCCC2)ccc1N1CCCC1)c1ccc(F)cc1. The Hall–Kier alpha value is -2.28. The van der Waals surface area contributed by atoms with Crippen molar-refractivity contribution in [2.24, 2.45) is 0 Å². The smallest absolute Gasteiger partial charge is 0.261 e. The lowest BCUT2D eigenvalue weighted by molar-refractivity contribution is 0.599. The van der Waals surface area contributed by atoms with Gasteiger partial charge in [-0.05, 0) is 68.1 Å². The van der Waals surface area contributed by atoms with E-state index >= 15 is 0 Å². The van der Waals surface area contributed by atoms with Crippen LogP contribution in [0.4, 0.5) is 21.5 Å². The third-order valence-corrected chi connectivity index (χ3v) is 6.65. The zero-order chi connectivity index (χ0) is 18.9. The summed E-state index contributed by atoms with van der Waals surface area (Å²) in [5, 5.41) is 0. The van der Waals surface area contributed by atoms with Crippen LogP contribution in [0.1, 0.15) is 25.7 Å². The second-order valence-corrected chi connectivity index (χ2v) is 8.83. The molecule has 0 aromatic heterocycles. The molecule has 0 unspecified atom stereocenters. The average molecular weight is 389 g/mol. The topological polar surface area (TPSA) is 52.7 Å². The summed E-state index contributed by atoms with van der Waals surface area (Å²) >= 11 is 0. The van der Waals surface area contributed by atoms with Crippen LogP contribution in [0, 0.1) is 5.82 Å². The molecule has 4 rings (SSSR count). The first-order chi connectivity index (χ1) is 13.0. The Morgan fingerprint density at radius 2 is 1.41 bits per heavy atom. The zero-order valence-electron chi connectivity index (χ0n) is 15.2. The number of benzene rings is 2. The molecule has 2 fully saturated rings. The first-order valence-corrected chi connectivity index (χ1v) is 10.9. The third kappa shape index (κ3) is 3.88. The lowest BCUT2D eigenvalue weighted by Crippen LogP contribution is -2.23. The molecule has 5 nitrogen and oxygen atoms in total. The van der Waals surface area contributed by atoms with Gasteiger partial charge in [-0.15, -0.1) is 0 Å². The van der Waals surface area contributed by atoms with Crippen molar-refractivity contribution in [2.75, 3.05) is 40.7 Å². The highest BCUT2D eigenvalue weighted by Crippen LogP contribution is 2.35. The van der Waals surface area contributed by atoms with Crippen LogP contribution in [0.2, 0.25) is 0 Å². The molecule has 27 heavy (non-hydrogen) atoms. The molecule has 7 heteroatoms. The molecule has 0 amide bonds. The molecular formula is C20H24FN3O2S. The predicted molar refractivity (Wildman–Crippen MR) is 107 cm³/mol. The Morgan fingerprint density at radius 3 is 2.04 bits per heavy atom. The molecule has 1 N–H and O–H groups in total. The Kier molecular flexibility index (Phi) is 4.95. The summed E-state index contributed by atoms with van der Waals surface area (Å²) in [6, 6.07) is 10.9. The molecule has 2 heterocycles. The van der Waals surface area contributed by atoms with Gasteiger partial charge in [-0.3, -0.25) is 4.72 Å². The highest BCUT2D eigenvalue weighted by atomic mass is 32.2. The molecule has 2 saturated heterocycles. The number of halogens is 1. The van der Waals surface area contributed by atoms with Gasteiger partial charge in [0, 0.05) is 31.9 Å². The minimum absolute atomic E-state index is 0.0582. The van der Waals surface area contributed by atoms with Crippen molar-refractivity contribution >= 4 is 27.1 Å². The number of rotatable bonds is 5. The fraction of sp³-hybridized carbons (Fsp3) is 0.400. The van der Waals surface area contributed by atoms with Gasteiger partial charge in [0.2, 0.25) is 0 Å². The van der Waals surface area contributed by atoms with Crippen LogP contribution in [0.25, 0.3) is 0 Å². The van der Waals surface area contributed by atoms with Gasteiger partial charge in [0.25, 0.3) is 10.0 Å². The van der Waals surface area contributed by atoms with Crippen molar-refractivity contribution < 1.29 is 12.8 Å². The fourth-order valence-electron chi connectivity index (χ4n) is 3.83. The van der Waals surface area contributed by atoms with Crippen molar-refractivity contribution in [1.82, 2.24) is 0 Å². The highest BCUT2D eigenvalue weighted by molar-refractivity contribution is 7.92. The molecule has 2 aliphatic rings. The van der Waals surface area contributed by atoms with E-state index in [0.29, 0.717) is 5.69 Å². The number of anilines is 3. The van der Waals surface area contributed by atoms with E-state index in [0.717, 1.165) is 75.4 Å². The van der Waals surface area contributed by atoms with Crippen molar-refractivity contribution in [1.29, 1.82) is 0 Å². The summed E-state index contributed by atoms with van der Waals surface area (Å²) < 4.78 is 41.6. The molecule has 0 bridgehead atoms. The maximum absolute atomic E-state index is 13.2. The quantitative estimate of drug-likeness (QED) is 0.845. The highest BCUT2D eigenvalue weighted by Gasteiger charge is 2.22. The summed E-state index contributed by atoms with van der Waals surface area (Å²) in [4.78, 5) is 4.56. The first-order valence-electron chi connectivity index (χ1n) is 9.45. The van der Waals surface area contributed by atoms with Crippen LogP contribution in [0.15, 0.2) is 47.4 Å². The third-order valence-electron chi connectivity index (χ3n) is 5.27. The van der Waals surface area contributed by atoms with Crippen LogP contribution in [-0.2, 0) is 10.0 Å². The Balaban J connectivity index is 1.69. The summed E-state index contributed by atoms with van der Waals surface area (Å²) in [5.74, 6) is -0.456. The van der Waals surface area contributed by atoms with Gasteiger partial charge in [0.1, 0.15) is 5.82 Å². The molecule has 0 aliphatic carbocycles. The van der Waals surface area contributed by atoms with E-state index < -0.39 is 15.8 Å². The van der Waals surface area contributed by atoms with Crippen molar-refractivity contribution in [3.05, 3.63) is 48.3 Å². The first kappa shape index (κ1) is 18.1. The lowest BCUT2D eigenvalue weighted by Gasteiger charge is -2.25. The summed E-state index contributed by atoms with van der Waals surface area (Å²) in [5.41, 5.74) is 2.53. The van der Waals surface area contributed by atoms with Gasteiger partial charge >= 0.3 is 0 Å². The summed E-state index contributed by atoms with van der Waals surface area (Å²) in [6.45, 7) is 3.84. The molecular weight excluding hydrogens is 365 g/mol. The monoisotopic (exact) mass is 389 g/mol. The molecule has 2 aliphatic heterocycles. The van der Waals surface area contributed by atoms with E-state index in [2.05, 4.69) is 20.6 Å². The maximum atomic E-state index is 13.2. The van der Waals surface area contributed by atoms with Gasteiger partial charge in [0.15, 0.2) is 0 Å². The number of nitrogens with zero attached hydrogens (tertiary/aromatic N) is 2. The zero-order valence-corrected chi connectivity index (χ0v) is 16.0. The minimum atomic E-state index is -3.78. The van der Waals surface area contributed by atoms with E-state index in [9.17, 15) is 12.8 Å². The van der Waals surface area contributed by atoms with Crippen molar-refractivity contribution in [3.63, 3.8) is 0 Å². The largest absolute Gasteiger partial charge is 0.371 e. The van der Waals surface area contributed by atoms with Gasteiger partial charge < -0.3 is 9.80 Å². The standard InChI is InChI=1S/C20H24FN3O2S/c21-16-5-8-18(9-6-16)27(25,26)22-19-15-17(23-11-1-2-12-23)7-10-20(19)24-13-3-4-14-24/h5-10,15,22H,1-4,11-14H2. The number of nitrogens with one attached hydrogen (secondary N) is 1. The van der Waals surface area contributed by atoms with Crippen LogP contribution in [0.3, 0.4) is 0 Å². The summed E-state index contributed by atoms with van der Waals surface area (Å²) in [6.07, 6.45) is 4.53. The van der Waals surface area contributed by atoms with E-state index in [4.69, 9.17) is 0 Å². The van der Waals surface area contributed by atoms with Crippen molar-refractivity contribution in [2.45, 2.75) is 30.6 Å². The maximum Gasteiger partial charge on any atom is 0.261 e. The van der Waals surface area contributed by atoms with E-state index in [1.807, 2.05) is 12.1 Å². The Morgan fingerprint density at radius 1 is 0.815 bits per heavy atom. The van der Waals surface area contributed by atoms with Crippen molar-refractivity contribution in [3.8, 4) is 0 Å². The molecule has 0 saturated carbocycles. The number of sulfonamides is 1. The number of hydrogen-bond donors (Lipinski definition) is 1.